The molecule has 0 unspecified atom stereocenters. The quantitative estimate of drug-likeness (QED) is 0.816. The number of hydrogen-bond donors (Lipinski definition) is 1. The second kappa shape index (κ2) is 7.02. The summed E-state index contributed by atoms with van der Waals surface area (Å²) in [5.41, 5.74) is 1.99. The Kier molecular flexibility index (Phi) is 5.34. The average molecular weight is 312 g/mol. The van der Waals surface area contributed by atoms with Crippen molar-refractivity contribution in [2.75, 3.05) is 6.54 Å². The minimum atomic E-state index is 0.555. The molecule has 0 aliphatic heterocycles. The molecule has 20 heavy (non-hydrogen) atoms. The van der Waals surface area contributed by atoms with E-state index in [1.54, 1.807) is 0 Å². The molecule has 0 bridgehead atoms. The van der Waals surface area contributed by atoms with Gasteiger partial charge in [-0.25, -0.2) is 0 Å². The largest absolute Gasteiger partial charge is 0.430 e. The van der Waals surface area contributed by atoms with Crippen LogP contribution >= 0.6 is 22.9 Å². The van der Waals surface area contributed by atoms with E-state index in [1.807, 2.05) is 26.0 Å². The zero-order chi connectivity index (χ0) is 14.5. The Labute approximate surface area is 128 Å². The first-order valence-corrected chi connectivity index (χ1v) is 7.77. The van der Waals surface area contributed by atoms with E-state index in [9.17, 15) is 0 Å². The number of hydrogen-bond acceptors (Lipinski definition) is 5. The molecule has 6 heteroatoms. The van der Waals surface area contributed by atoms with E-state index in [-0.39, 0.29) is 0 Å². The summed E-state index contributed by atoms with van der Waals surface area (Å²) >= 11 is 7.59. The van der Waals surface area contributed by atoms with E-state index in [4.69, 9.17) is 16.3 Å². The topological polar surface area (TPSA) is 47.0 Å². The highest BCUT2D eigenvalue weighted by Gasteiger charge is 2.08. The lowest BCUT2D eigenvalue weighted by atomic mass is 10.1. The molecule has 0 spiro atoms. The van der Waals surface area contributed by atoms with Crippen LogP contribution in [0.25, 0.3) is 0 Å². The van der Waals surface area contributed by atoms with E-state index in [1.165, 1.54) is 11.3 Å². The minimum absolute atomic E-state index is 0.555. The van der Waals surface area contributed by atoms with Crippen molar-refractivity contribution in [1.29, 1.82) is 0 Å². The number of nitrogens with zero attached hydrogens (tertiary/aromatic N) is 2. The summed E-state index contributed by atoms with van der Waals surface area (Å²) in [6, 6.07) is 3.82. The van der Waals surface area contributed by atoms with Crippen LogP contribution in [-0.2, 0) is 6.54 Å². The molecule has 0 saturated carbocycles. The molecule has 1 aromatic heterocycles. The predicted molar refractivity (Wildman–Crippen MR) is 82.9 cm³/mol. The van der Waals surface area contributed by atoms with Crippen molar-refractivity contribution in [2.45, 2.75) is 33.7 Å². The van der Waals surface area contributed by atoms with Crippen molar-refractivity contribution in [3.05, 3.63) is 33.3 Å². The number of rotatable bonds is 6. The first-order chi connectivity index (χ1) is 9.60. The van der Waals surface area contributed by atoms with Gasteiger partial charge in [0.1, 0.15) is 10.8 Å². The van der Waals surface area contributed by atoms with Gasteiger partial charge < -0.3 is 10.1 Å². The van der Waals surface area contributed by atoms with Gasteiger partial charge in [0, 0.05) is 11.6 Å². The summed E-state index contributed by atoms with van der Waals surface area (Å²) in [5.74, 6) is 0.744. The molecule has 0 amide bonds. The highest BCUT2D eigenvalue weighted by Crippen LogP contribution is 2.30. The van der Waals surface area contributed by atoms with E-state index >= 15 is 0 Å². The maximum absolute atomic E-state index is 6.14. The van der Waals surface area contributed by atoms with Crippen LogP contribution in [0.5, 0.6) is 10.9 Å². The number of nitrogens with one attached hydrogen (secondary N) is 1. The number of aryl methyl sites for hydroxylation is 2. The highest BCUT2D eigenvalue weighted by atomic mass is 35.5. The summed E-state index contributed by atoms with van der Waals surface area (Å²) in [6.07, 6.45) is 1.10. The maximum atomic E-state index is 6.14. The molecule has 4 nitrogen and oxygen atoms in total. The fraction of sp³-hybridized carbons (Fsp3) is 0.429. The lowest BCUT2D eigenvalue weighted by molar-refractivity contribution is 0.472. The Morgan fingerprint density at radius 3 is 2.60 bits per heavy atom. The van der Waals surface area contributed by atoms with Gasteiger partial charge in [0.25, 0.3) is 5.19 Å². The third-order valence-corrected chi connectivity index (χ3v) is 4.16. The van der Waals surface area contributed by atoms with Crippen molar-refractivity contribution in [2.24, 2.45) is 0 Å². The summed E-state index contributed by atoms with van der Waals surface area (Å²) in [5, 5.41) is 13.7. The van der Waals surface area contributed by atoms with E-state index in [0.29, 0.717) is 5.19 Å². The van der Waals surface area contributed by atoms with Gasteiger partial charge in [0.2, 0.25) is 0 Å². The Morgan fingerprint density at radius 1 is 1.25 bits per heavy atom. The van der Waals surface area contributed by atoms with Crippen LogP contribution in [0.15, 0.2) is 12.1 Å². The molecular formula is C14H18ClN3OS. The number of aromatic nitrogens is 2. The molecule has 0 fully saturated rings. The summed E-state index contributed by atoms with van der Waals surface area (Å²) in [6.45, 7) is 7.76. The van der Waals surface area contributed by atoms with Crippen LogP contribution in [0.1, 0.15) is 29.5 Å². The van der Waals surface area contributed by atoms with E-state index < -0.39 is 0 Å². The van der Waals surface area contributed by atoms with Gasteiger partial charge in [-0.2, -0.15) is 0 Å². The standard InChI is InChI=1S/C14H18ClN3OS/c1-4-5-16-8-12-17-18-14(20-12)19-11-6-9(2)13(15)10(3)7-11/h6-7,16H,4-5,8H2,1-3H3. The zero-order valence-corrected chi connectivity index (χ0v) is 13.4. The fourth-order valence-corrected chi connectivity index (χ4v) is 2.57. The first-order valence-electron chi connectivity index (χ1n) is 6.58. The molecule has 0 aliphatic carbocycles. The van der Waals surface area contributed by atoms with Crippen molar-refractivity contribution >= 4 is 22.9 Å². The lowest BCUT2D eigenvalue weighted by Crippen LogP contribution is -2.13. The molecule has 0 aliphatic rings. The van der Waals surface area contributed by atoms with Crippen molar-refractivity contribution in [3.63, 3.8) is 0 Å². The molecule has 108 valence electrons. The van der Waals surface area contributed by atoms with Crippen LogP contribution in [0.4, 0.5) is 0 Å². The van der Waals surface area contributed by atoms with Gasteiger partial charge in [-0.1, -0.05) is 35.0 Å². The van der Waals surface area contributed by atoms with Crippen LogP contribution in [0, 0.1) is 13.8 Å². The SMILES string of the molecule is CCCNCc1nnc(Oc2cc(C)c(Cl)c(C)c2)s1. The zero-order valence-electron chi connectivity index (χ0n) is 11.9. The molecule has 0 radical (unpaired) electrons. The monoisotopic (exact) mass is 311 g/mol. The molecule has 0 atom stereocenters. The highest BCUT2D eigenvalue weighted by molar-refractivity contribution is 7.13. The van der Waals surface area contributed by atoms with Crippen LogP contribution in [-0.4, -0.2) is 16.7 Å². The van der Waals surface area contributed by atoms with Crippen molar-refractivity contribution < 1.29 is 4.74 Å². The smallest absolute Gasteiger partial charge is 0.299 e. The lowest BCUT2D eigenvalue weighted by Gasteiger charge is -2.06. The van der Waals surface area contributed by atoms with E-state index in [2.05, 4.69) is 22.4 Å². The van der Waals surface area contributed by atoms with Gasteiger partial charge in [-0.3, -0.25) is 0 Å². The maximum Gasteiger partial charge on any atom is 0.299 e. The van der Waals surface area contributed by atoms with Crippen molar-refractivity contribution in [3.8, 4) is 10.9 Å². The number of ether oxygens (including phenoxy) is 1. The second-order valence-corrected chi connectivity index (χ2v) is 6.01. The Hall–Kier alpha value is -1.17. The molecule has 1 heterocycles. The number of benzene rings is 1. The molecule has 2 rings (SSSR count). The summed E-state index contributed by atoms with van der Waals surface area (Å²) in [4.78, 5) is 0. The van der Waals surface area contributed by atoms with Crippen LogP contribution in [0.3, 0.4) is 0 Å². The predicted octanol–water partition coefficient (Wildman–Crippen LogP) is 4.10. The Bertz CT molecular complexity index is 563. The third-order valence-electron chi connectivity index (χ3n) is 2.77. The van der Waals surface area contributed by atoms with Gasteiger partial charge in [0.05, 0.1) is 0 Å². The summed E-state index contributed by atoms with van der Waals surface area (Å²) < 4.78 is 5.74. The van der Waals surface area contributed by atoms with E-state index in [0.717, 1.165) is 46.4 Å². The van der Waals surface area contributed by atoms with Gasteiger partial charge >= 0.3 is 0 Å². The first kappa shape index (κ1) is 15.2. The van der Waals surface area contributed by atoms with Gasteiger partial charge in [-0.05, 0) is 50.1 Å². The molecule has 1 aromatic carbocycles. The molecule has 2 aromatic rings. The second-order valence-electron chi connectivity index (χ2n) is 4.61. The van der Waals surface area contributed by atoms with Crippen LogP contribution < -0.4 is 10.1 Å². The molecular weight excluding hydrogens is 294 g/mol. The normalized spacial score (nSPS) is 10.8. The average Bonchev–Trinajstić information content (AvgIpc) is 2.84. The van der Waals surface area contributed by atoms with Gasteiger partial charge in [0.15, 0.2) is 0 Å². The fourth-order valence-electron chi connectivity index (χ4n) is 1.79. The molecule has 0 saturated heterocycles. The van der Waals surface area contributed by atoms with Crippen LogP contribution in [0.2, 0.25) is 5.02 Å². The summed E-state index contributed by atoms with van der Waals surface area (Å²) in [7, 11) is 0. The minimum Gasteiger partial charge on any atom is -0.430 e. The molecule has 1 N–H and O–H groups in total. The Morgan fingerprint density at radius 2 is 1.95 bits per heavy atom. The van der Waals surface area contributed by atoms with Crippen molar-refractivity contribution in [1.82, 2.24) is 15.5 Å². The number of halogens is 1. The Balaban J connectivity index is 2.03. The van der Waals surface area contributed by atoms with Gasteiger partial charge in [-0.15, -0.1) is 5.10 Å². The third kappa shape index (κ3) is 3.91.